The molecule has 0 aromatic heterocycles. The zero-order chi connectivity index (χ0) is 16.6. The quantitative estimate of drug-likeness (QED) is 0.745. The Morgan fingerprint density at radius 1 is 1.32 bits per heavy atom. The van der Waals surface area contributed by atoms with Crippen LogP contribution in [0.3, 0.4) is 0 Å². The molecule has 22 heavy (non-hydrogen) atoms. The van der Waals surface area contributed by atoms with Gasteiger partial charge in [0.15, 0.2) is 0 Å². The molecule has 4 nitrogen and oxygen atoms in total. The van der Waals surface area contributed by atoms with Gasteiger partial charge in [0, 0.05) is 24.4 Å². The Morgan fingerprint density at radius 3 is 2.59 bits per heavy atom. The van der Waals surface area contributed by atoms with Crippen molar-refractivity contribution in [3.05, 3.63) is 0 Å². The lowest BCUT2D eigenvalue weighted by molar-refractivity contribution is 0.0510. The van der Waals surface area contributed by atoms with E-state index in [9.17, 15) is 4.79 Å². The maximum absolute atomic E-state index is 11.8. The lowest BCUT2D eigenvalue weighted by Gasteiger charge is -2.35. The van der Waals surface area contributed by atoms with Gasteiger partial charge in [-0.25, -0.2) is 4.79 Å². The number of amides is 1. The molecule has 1 aliphatic carbocycles. The number of rotatable bonds is 7. The zero-order valence-corrected chi connectivity index (χ0v) is 15.7. The van der Waals surface area contributed by atoms with Crippen molar-refractivity contribution in [3.8, 4) is 0 Å². The molecule has 3 unspecified atom stereocenters. The second-order valence-corrected chi connectivity index (χ2v) is 8.17. The van der Waals surface area contributed by atoms with E-state index in [-0.39, 0.29) is 6.09 Å². The fraction of sp³-hybridized carbons (Fsp3) is 0.941. The Balaban J connectivity index is 2.46. The summed E-state index contributed by atoms with van der Waals surface area (Å²) >= 11 is 1.90. The molecule has 5 heteroatoms. The minimum Gasteiger partial charge on any atom is -0.444 e. The predicted octanol–water partition coefficient (Wildman–Crippen LogP) is 3.80. The number of hydrogen-bond donors (Lipinski definition) is 2. The van der Waals surface area contributed by atoms with Crippen LogP contribution in [0.2, 0.25) is 0 Å². The van der Waals surface area contributed by atoms with Crippen LogP contribution < -0.4 is 10.6 Å². The molecule has 2 N–H and O–H groups in total. The molecule has 0 aromatic rings. The summed E-state index contributed by atoms with van der Waals surface area (Å²) in [4.78, 5) is 11.8. The molecule has 0 aromatic carbocycles. The van der Waals surface area contributed by atoms with Crippen molar-refractivity contribution in [1.82, 2.24) is 10.6 Å². The summed E-state index contributed by atoms with van der Waals surface area (Å²) in [5, 5.41) is 6.77. The van der Waals surface area contributed by atoms with Gasteiger partial charge in [-0.1, -0.05) is 19.8 Å². The average molecular weight is 331 g/mol. The Kier molecular flexibility index (Phi) is 8.62. The highest BCUT2D eigenvalue weighted by Gasteiger charge is 2.27. The maximum atomic E-state index is 11.8. The summed E-state index contributed by atoms with van der Waals surface area (Å²) in [6.45, 7) is 8.64. The fourth-order valence-electron chi connectivity index (χ4n) is 2.99. The number of carbonyl (C=O) groups is 1. The van der Waals surface area contributed by atoms with E-state index in [0.717, 1.165) is 12.2 Å². The van der Waals surface area contributed by atoms with E-state index < -0.39 is 5.60 Å². The first-order chi connectivity index (χ1) is 10.4. The van der Waals surface area contributed by atoms with Crippen LogP contribution in [0.4, 0.5) is 4.79 Å². The summed E-state index contributed by atoms with van der Waals surface area (Å²) in [7, 11) is 0. The molecule has 0 radical (unpaired) electrons. The van der Waals surface area contributed by atoms with Gasteiger partial charge in [-0.2, -0.15) is 11.8 Å². The molecule has 1 amide bonds. The molecular formula is C17H34N2O2S. The maximum Gasteiger partial charge on any atom is 0.407 e. The first-order valence-electron chi connectivity index (χ1n) is 8.57. The SMILES string of the molecule is CCC(CSC)NC1CCCCC1CNC(=O)OC(C)(C)C. The second kappa shape index (κ2) is 9.66. The van der Waals surface area contributed by atoms with E-state index in [1.807, 2.05) is 32.5 Å². The van der Waals surface area contributed by atoms with Crippen molar-refractivity contribution in [1.29, 1.82) is 0 Å². The Labute approximate surface area is 140 Å². The number of carbonyl (C=O) groups excluding carboxylic acids is 1. The molecule has 0 bridgehead atoms. The smallest absolute Gasteiger partial charge is 0.407 e. The highest BCUT2D eigenvalue weighted by atomic mass is 32.2. The highest BCUT2D eigenvalue weighted by molar-refractivity contribution is 7.98. The van der Waals surface area contributed by atoms with Crippen LogP contribution in [0.1, 0.15) is 59.8 Å². The molecule has 1 aliphatic rings. The van der Waals surface area contributed by atoms with Crippen molar-refractivity contribution >= 4 is 17.9 Å². The lowest BCUT2D eigenvalue weighted by atomic mass is 9.84. The topological polar surface area (TPSA) is 50.4 Å². The number of nitrogens with one attached hydrogen (secondary N) is 2. The highest BCUT2D eigenvalue weighted by Crippen LogP contribution is 2.25. The van der Waals surface area contributed by atoms with Gasteiger partial charge < -0.3 is 15.4 Å². The molecule has 0 aliphatic heterocycles. The summed E-state index contributed by atoms with van der Waals surface area (Å²) < 4.78 is 5.33. The molecule has 1 rings (SSSR count). The fourth-order valence-corrected chi connectivity index (χ4v) is 3.72. The van der Waals surface area contributed by atoms with Gasteiger partial charge in [0.25, 0.3) is 0 Å². The summed E-state index contributed by atoms with van der Waals surface area (Å²) in [5.41, 5.74) is -0.431. The van der Waals surface area contributed by atoms with Gasteiger partial charge in [-0.15, -0.1) is 0 Å². The van der Waals surface area contributed by atoms with Gasteiger partial charge in [0.05, 0.1) is 0 Å². The van der Waals surface area contributed by atoms with Crippen LogP contribution in [-0.2, 0) is 4.74 Å². The molecule has 130 valence electrons. The Bertz CT molecular complexity index is 331. The minimum absolute atomic E-state index is 0.298. The van der Waals surface area contributed by atoms with Crippen molar-refractivity contribution in [2.45, 2.75) is 77.5 Å². The van der Waals surface area contributed by atoms with Crippen LogP contribution in [0.5, 0.6) is 0 Å². The summed E-state index contributed by atoms with van der Waals surface area (Å²) in [6.07, 6.45) is 7.97. The molecular weight excluding hydrogens is 296 g/mol. The van der Waals surface area contributed by atoms with Gasteiger partial charge in [0.1, 0.15) is 5.60 Å². The first kappa shape index (κ1) is 19.6. The Hall–Kier alpha value is -0.420. The standard InChI is InChI=1S/C17H34N2O2S/c1-6-14(12-22-5)19-15-10-8-7-9-13(15)11-18-16(20)21-17(2,3)4/h13-15,19H,6-12H2,1-5H3,(H,18,20). The van der Waals surface area contributed by atoms with E-state index in [0.29, 0.717) is 24.5 Å². The van der Waals surface area contributed by atoms with Crippen LogP contribution in [0.25, 0.3) is 0 Å². The zero-order valence-electron chi connectivity index (χ0n) is 14.9. The first-order valence-corrected chi connectivity index (χ1v) is 9.97. The predicted molar refractivity (Wildman–Crippen MR) is 95.6 cm³/mol. The minimum atomic E-state index is -0.431. The van der Waals surface area contributed by atoms with E-state index >= 15 is 0 Å². The van der Waals surface area contributed by atoms with Gasteiger partial charge in [-0.05, 0) is 52.2 Å². The number of hydrogen-bond acceptors (Lipinski definition) is 4. The van der Waals surface area contributed by atoms with E-state index in [1.165, 1.54) is 25.7 Å². The number of alkyl carbamates (subject to hydrolysis) is 1. The van der Waals surface area contributed by atoms with Crippen LogP contribution in [-0.4, -0.2) is 42.3 Å². The number of thioether (sulfide) groups is 1. The molecule has 0 saturated heterocycles. The third-order valence-corrected chi connectivity index (χ3v) is 4.86. The average Bonchev–Trinajstić information content (AvgIpc) is 2.44. The van der Waals surface area contributed by atoms with Gasteiger partial charge >= 0.3 is 6.09 Å². The molecule has 1 saturated carbocycles. The largest absolute Gasteiger partial charge is 0.444 e. The van der Waals surface area contributed by atoms with E-state index in [2.05, 4.69) is 23.8 Å². The van der Waals surface area contributed by atoms with Crippen LogP contribution in [0.15, 0.2) is 0 Å². The monoisotopic (exact) mass is 330 g/mol. The van der Waals surface area contributed by atoms with Gasteiger partial charge in [0.2, 0.25) is 0 Å². The molecule has 3 atom stereocenters. The van der Waals surface area contributed by atoms with E-state index in [1.54, 1.807) is 0 Å². The third-order valence-electron chi connectivity index (χ3n) is 4.13. The van der Waals surface area contributed by atoms with Crippen LogP contribution in [0, 0.1) is 5.92 Å². The second-order valence-electron chi connectivity index (χ2n) is 7.26. The van der Waals surface area contributed by atoms with Crippen molar-refractivity contribution in [2.24, 2.45) is 5.92 Å². The van der Waals surface area contributed by atoms with Gasteiger partial charge in [-0.3, -0.25) is 0 Å². The molecule has 0 heterocycles. The number of ether oxygens (including phenoxy) is 1. The molecule has 1 fully saturated rings. The third kappa shape index (κ3) is 7.73. The van der Waals surface area contributed by atoms with Crippen LogP contribution >= 0.6 is 11.8 Å². The summed E-state index contributed by atoms with van der Waals surface area (Å²) in [5.74, 6) is 1.66. The molecule has 0 spiro atoms. The summed E-state index contributed by atoms with van der Waals surface area (Å²) in [6, 6.07) is 1.09. The van der Waals surface area contributed by atoms with Crippen molar-refractivity contribution in [3.63, 3.8) is 0 Å². The van der Waals surface area contributed by atoms with Crippen molar-refractivity contribution < 1.29 is 9.53 Å². The van der Waals surface area contributed by atoms with Crippen molar-refractivity contribution in [2.75, 3.05) is 18.6 Å². The lowest BCUT2D eigenvalue weighted by Crippen LogP contribution is -2.49. The van der Waals surface area contributed by atoms with E-state index in [4.69, 9.17) is 4.74 Å². The normalized spacial score (nSPS) is 23.9. The Morgan fingerprint density at radius 2 is 2.00 bits per heavy atom.